The van der Waals surface area contributed by atoms with Crippen molar-refractivity contribution in [1.29, 1.82) is 0 Å². The predicted molar refractivity (Wildman–Crippen MR) is 166 cm³/mol. The summed E-state index contributed by atoms with van der Waals surface area (Å²) in [7, 11) is 0. The average molecular weight is 527 g/mol. The fraction of sp³-hybridized carbons (Fsp3) is 0. The SMILES string of the molecule is c1ccc(-c2nc3ccccc3n2-c2ccc(-c3ccc4oc5cc6c(cc5c4c3)oc3ccccc36)cc2)cc1. The van der Waals surface area contributed by atoms with Gasteiger partial charge in [0.25, 0.3) is 0 Å². The molecule has 0 amide bonds. The van der Waals surface area contributed by atoms with Gasteiger partial charge in [-0.15, -0.1) is 0 Å². The molecule has 0 bridgehead atoms. The molecule has 3 heterocycles. The lowest BCUT2D eigenvalue weighted by molar-refractivity contribution is 0.664. The van der Waals surface area contributed by atoms with Crippen LogP contribution in [0.5, 0.6) is 0 Å². The summed E-state index contributed by atoms with van der Waals surface area (Å²) in [6.45, 7) is 0. The molecule has 6 aromatic carbocycles. The molecule has 0 saturated heterocycles. The number of para-hydroxylation sites is 3. The molecule has 4 nitrogen and oxygen atoms in total. The van der Waals surface area contributed by atoms with E-state index in [0.717, 1.165) is 83.1 Å². The van der Waals surface area contributed by atoms with E-state index in [0.29, 0.717) is 0 Å². The lowest BCUT2D eigenvalue weighted by Crippen LogP contribution is -1.97. The van der Waals surface area contributed by atoms with Crippen LogP contribution in [0, 0.1) is 0 Å². The Hall–Kier alpha value is -5.61. The molecule has 0 radical (unpaired) electrons. The zero-order valence-electron chi connectivity index (χ0n) is 21.9. The van der Waals surface area contributed by atoms with Crippen molar-refractivity contribution in [3.8, 4) is 28.2 Å². The van der Waals surface area contributed by atoms with E-state index in [1.54, 1.807) is 0 Å². The third kappa shape index (κ3) is 3.38. The molecule has 0 atom stereocenters. The van der Waals surface area contributed by atoms with Gasteiger partial charge in [-0.1, -0.05) is 78.9 Å². The number of rotatable bonds is 3. The van der Waals surface area contributed by atoms with Crippen LogP contribution in [0.3, 0.4) is 0 Å². The highest BCUT2D eigenvalue weighted by molar-refractivity contribution is 6.15. The summed E-state index contributed by atoms with van der Waals surface area (Å²) in [5.74, 6) is 0.933. The molecule has 9 rings (SSSR count). The van der Waals surface area contributed by atoms with Crippen LogP contribution >= 0.6 is 0 Å². The normalized spacial score (nSPS) is 11.9. The molecule has 3 aromatic heterocycles. The molecule has 0 aliphatic rings. The van der Waals surface area contributed by atoms with Crippen molar-refractivity contribution in [2.75, 3.05) is 0 Å². The number of nitrogens with zero attached hydrogens (tertiary/aromatic N) is 2. The van der Waals surface area contributed by atoms with Crippen molar-refractivity contribution in [3.63, 3.8) is 0 Å². The van der Waals surface area contributed by atoms with E-state index in [9.17, 15) is 0 Å². The van der Waals surface area contributed by atoms with Gasteiger partial charge in [0.15, 0.2) is 0 Å². The Labute approximate surface area is 234 Å². The van der Waals surface area contributed by atoms with Crippen molar-refractivity contribution >= 4 is 54.9 Å². The maximum Gasteiger partial charge on any atom is 0.145 e. The van der Waals surface area contributed by atoms with Crippen molar-refractivity contribution in [2.45, 2.75) is 0 Å². The molecule has 41 heavy (non-hydrogen) atoms. The highest BCUT2D eigenvalue weighted by Gasteiger charge is 2.16. The molecule has 0 unspecified atom stereocenters. The number of furan rings is 2. The monoisotopic (exact) mass is 526 g/mol. The Balaban J connectivity index is 1.16. The van der Waals surface area contributed by atoms with Gasteiger partial charge in [-0.3, -0.25) is 4.57 Å². The van der Waals surface area contributed by atoms with Crippen molar-refractivity contribution < 1.29 is 8.83 Å². The van der Waals surface area contributed by atoms with Crippen LogP contribution in [0.2, 0.25) is 0 Å². The Morgan fingerprint density at radius 2 is 1.07 bits per heavy atom. The molecule has 0 aliphatic carbocycles. The van der Waals surface area contributed by atoms with Gasteiger partial charge in [0.05, 0.1) is 11.0 Å². The first-order valence-electron chi connectivity index (χ1n) is 13.7. The maximum atomic E-state index is 6.28. The zero-order valence-corrected chi connectivity index (χ0v) is 21.9. The topological polar surface area (TPSA) is 44.1 Å². The quantitative estimate of drug-likeness (QED) is 0.230. The van der Waals surface area contributed by atoms with Crippen LogP contribution in [0.25, 0.3) is 83.1 Å². The minimum Gasteiger partial charge on any atom is -0.456 e. The lowest BCUT2D eigenvalue weighted by Gasteiger charge is -2.11. The Morgan fingerprint density at radius 3 is 1.90 bits per heavy atom. The van der Waals surface area contributed by atoms with E-state index in [1.807, 2.05) is 30.3 Å². The molecule has 0 fully saturated rings. The first-order chi connectivity index (χ1) is 20.3. The second-order valence-electron chi connectivity index (χ2n) is 10.4. The maximum absolute atomic E-state index is 6.28. The van der Waals surface area contributed by atoms with Crippen molar-refractivity contribution in [1.82, 2.24) is 9.55 Å². The summed E-state index contributed by atoms with van der Waals surface area (Å²) in [4.78, 5) is 4.98. The zero-order chi connectivity index (χ0) is 26.9. The van der Waals surface area contributed by atoms with E-state index >= 15 is 0 Å². The number of fused-ring (bicyclic) bond motifs is 7. The molecule has 9 aromatic rings. The highest BCUT2D eigenvalue weighted by atomic mass is 16.3. The van der Waals surface area contributed by atoms with Crippen molar-refractivity contribution in [3.05, 3.63) is 133 Å². The van der Waals surface area contributed by atoms with Gasteiger partial charge < -0.3 is 8.83 Å². The minimum atomic E-state index is 0.868. The van der Waals surface area contributed by atoms with Crippen molar-refractivity contribution in [2.24, 2.45) is 0 Å². The Morgan fingerprint density at radius 1 is 0.439 bits per heavy atom. The van der Waals surface area contributed by atoms with Gasteiger partial charge in [-0.05, 0) is 65.7 Å². The summed E-state index contributed by atoms with van der Waals surface area (Å²) in [5.41, 5.74) is 10.00. The average Bonchev–Trinajstić information content (AvgIpc) is 3.71. The Bertz CT molecular complexity index is 2410. The Kier molecular flexibility index (Phi) is 4.58. The highest BCUT2D eigenvalue weighted by Crippen LogP contribution is 2.38. The first kappa shape index (κ1) is 22.2. The second kappa shape index (κ2) is 8.44. The van der Waals surface area contributed by atoms with Crippen LogP contribution in [0.15, 0.2) is 142 Å². The third-order valence-corrected chi connectivity index (χ3v) is 8.02. The largest absolute Gasteiger partial charge is 0.456 e. The van der Waals surface area contributed by atoms with Crippen LogP contribution < -0.4 is 0 Å². The number of benzene rings is 6. The van der Waals surface area contributed by atoms with Crippen LogP contribution in [-0.2, 0) is 0 Å². The van der Waals surface area contributed by atoms with Gasteiger partial charge >= 0.3 is 0 Å². The standard InChI is InChI=1S/C37H22N2O2/c1-2-8-24(9-3-1)37-38-31-11-5-6-12-32(31)39(37)26-17-14-23(15-18-26)25-16-19-34-28(20-25)30-22-35-29(21-36(30)41-34)27-10-4-7-13-33(27)40-35/h1-22H. The number of hydrogen-bond donors (Lipinski definition) is 0. The van der Waals surface area contributed by atoms with Gasteiger partial charge in [0, 0.05) is 32.8 Å². The van der Waals surface area contributed by atoms with E-state index in [2.05, 4.69) is 108 Å². The minimum absolute atomic E-state index is 0.868. The molecule has 192 valence electrons. The molecule has 0 saturated carbocycles. The summed E-state index contributed by atoms with van der Waals surface area (Å²) >= 11 is 0. The van der Waals surface area contributed by atoms with E-state index in [1.165, 1.54) is 0 Å². The molecular formula is C37H22N2O2. The molecular weight excluding hydrogens is 504 g/mol. The molecule has 0 aliphatic heterocycles. The predicted octanol–water partition coefficient (Wildman–Crippen LogP) is 10.2. The first-order valence-corrected chi connectivity index (χ1v) is 13.7. The fourth-order valence-corrected chi connectivity index (χ4v) is 6.05. The van der Waals surface area contributed by atoms with E-state index < -0.39 is 0 Å². The molecule has 4 heteroatoms. The van der Waals surface area contributed by atoms with E-state index in [4.69, 9.17) is 13.8 Å². The summed E-state index contributed by atoms with van der Waals surface area (Å²) in [6.07, 6.45) is 0. The van der Waals surface area contributed by atoms with Gasteiger partial charge in [0.2, 0.25) is 0 Å². The van der Waals surface area contributed by atoms with Gasteiger partial charge in [0.1, 0.15) is 28.2 Å². The van der Waals surface area contributed by atoms with Crippen LogP contribution in [0.1, 0.15) is 0 Å². The van der Waals surface area contributed by atoms with Gasteiger partial charge in [-0.2, -0.15) is 0 Å². The number of hydrogen-bond acceptors (Lipinski definition) is 3. The number of imidazole rings is 1. The molecule has 0 spiro atoms. The smallest absolute Gasteiger partial charge is 0.145 e. The third-order valence-electron chi connectivity index (χ3n) is 8.02. The summed E-state index contributed by atoms with van der Waals surface area (Å²) in [5, 5.41) is 4.31. The molecule has 0 N–H and O–H groups in total. The lowest BCUT2D eigenvalue weighted by atomic mass is 10.0. The fourth-order valence-electron chi connectivity index (χ4n) is 6.05. The van der Waals surface area contributed by atoms with Crippen LogP contribution in [-0.4, -0.2) is 9.55 Å². The second-order valence-corrected chi connectivity index (χ2v) is 10.4. The number of aromatic nitrogens is 2. The van der Waals surface area contributed by atoms with E-state index in [-0.39, 0.29) is 0 Å². The van der Waals surface area contributed by atoms with Gasteiger partial charge in [-0.25, -0.2) is 4.98 Å². The summed E-state index contributed by atoms with van der Waals surface area (Å²) < 4.78 is 14.7. The van der Waals surface area contributed by atoms with Crippen LogP contribution in [0.4, 0.5) is 0 Å². The summed E-state index contributed by atoms with van der Waals surface area (Å²) in [6, 6.07) is 46.1.